The predicted octanol–water partition coefficient (Wildman–Crippen LogP) is 4.43. The van der Waals surface area contributed by atoms with Crippen molar-refractivity contribution in [1.29, 1.82) is 0 Å². The lowest BCUT2D eigenvalue weighted by molar-refractivity contribution is 0.102. The molecule has 6 heteroatoms. The highest BCUT2D eigenvalue weighted by atomic mass is 35.5. The van der Waals surface area contributed by atoms with Crippen LogP contribution in [0.15, 0.2) is 36.4 Å². The van der Waals surface area contributed by atoms with Gasteiger partial charge in [0.1, 0.15) is 0 Å². The first-order valence-corrected chi connectivity index (χ1v) is 8.21. The van der Waals surface area contributed by atoms with Crippen molar-refractivity contribution in [2.45, 2.75) is 12.8 Å². The van der Waals surface area contributed by atoms with Gasteiger partial charge in [0.15, 0.2) is 0 Å². The molecule has 0 spiro atoms. The summed E-state index contributed by atoms with van der Waals surface area (Å²) in [6, 6.07) is 10.3. The van der Waals surface area contributed by atoms with Gasteiger partial charge in [-0.3, -0.25) is 4.79 Å². The highest BCUT2D eigenvalue weighted by Gasteiger charge is 2.18. The van der Waals surface area contributed by atoms with Gasteiger partial charge in [0.25, 0.3) is 5.91 Å². The Morgan fingerprint density at radius 1 is 1.13 bits per heavy atom. The van der Waals surface area contributed by atoms with Crippen LogP contribution in [0.2, 0.25) is 10.0 Å². The molecule has 2 aromatic rings. The molecule has 0 aromatic heterocycles. The monoisotopic (exact) mass is 349 g/mol. The molecule has 1 amide bonds. The number of carbonyl (C=O) groups is 1. The van der Waals surface area contributed by atoms with Crippen LogP contribution in [0.4, 0.5) is 17.1 Å². The van der Waals surface area contributed by atoms with Gasteiger partial charge < -0.3 is 16.0 Å². The van der Waals surface area contributed by atoms with E-state index < -0.39 is 0 Å². The molecule has 4 nitrogen and oxygen atoms in total. The molecule has 1 fully saturated rings. The molecule has 2 aromatic carbocycles. The predicted molar refractivity (Wildman–Crippen MR) is 96.7 cm³/mol. The van der Waals surface area contributed by atoms with E-state index in [0.29, 0.717) is 27.0 Å². The third-order valence-electron chi connectivity index (χ3n) is 3.90. The van der Waals surface area contributed by atoms with E-state index in [0.717, 1.165) is 31.6 Å². The van der Waals surface area contributed by atoms with Gasteiger partial charge in [-0.15, -0.1) is 0 Å². The van der Waals surface area contributed by atoms with Crippen LogP contribution in [-0.4, -0.2) is 19.0 Å². The number of nitrogens with zero attached hydrogens (tertiary/aromatic N) is 1. The number of nitrogens with one attached hydrogen (secondary N) is 1. The summed E-state index contributed by atoms with van der Waals surface area (Å²) in [6.07, 6.45) is 2.29. The molecule has 0 unspecified atom stereocenters. The molecule has 1 aliphatic rings. The van der Waals surface area contributed by atoms with Crippen molar-refractivity contribution in [3.8, 4) is 0 Å². The SMILES string of the molecule is Nc1cc(Cl)c(NC(=O)c2cccc(Cl)c2)cc1N1CCCC1. The van der Waals surface area contributed by atoms with Crippen molar-refractivity contribution in [2.24, 2.45) is 0 Å². The van der Waals surface area contributed by atoms with Crippen molar-refractivity contribution >= 4 is 46.2 Å². The summed E-state index contributed by atoms with van der Waals surface area (Å²) >= 11 is 12.2. The van der Waals surface area contributed by atoms with Crippen molar-refractivity contribution < 1.29 is 4.79 Å². The number of rotatable bonds is 3. The van der Waals surface area contributed by atoms with Crippen LogP contribution in [0.3, 0.4) is 0 Å². The average Bonchev–Trinajstić information content (AvgIpc) is 3.04. The van der Waals surface area contributed by atoms with Gasteiger partial charge in [0.05, 0.1) is 22.1 Å². The molecule has 1 aliphatic heterocycles. The largest absolute Gasteiger partial charge is 0.397 e. The summed E-state index contributed by atoms with van der Waals surface area (Å²) in [5.74, 6) is -0.258. The summed E-state index contributed by atoms with van der Waals surface area (Å²) < 4.78 is 0. The third-order valence-corrected chi connectivity index (χ3v) is 4.45. The quantitative estimate of drug-likeness (QED) is 0.806. The van der Waals surface area contributed by atoms with Gasteiger partial charge >= 0.3 is 0 Å². The fourth-order valence-electron chi connectivity index (χ4n) is 2.73. The second kappa shape index (κ2) is 6.69. The van der Waals surface area contributed by atoms with Crippen molar-refractivity contribution in [3.05, 3.63) is 52.0 Å². The van der Waals surface area contributed by atoms with Crippen LogP contribution in [0.1, 0.15) is 23.2 Å². The van der Waals surface area contributed by atoms with Gasteiger partial charge in [0, 0.05) is 23.7 Å². The Morgan fingerprint density at radius 3 is 2.57 bits per heavy atom. The van der Waals surface area contributed by atoms with Crippen LogP contribution in [0.5, 0.6) is 0 Å². The van der Waals surface area contributed by atoms with Crippen molar-refractivity contribution in [1.82, 2.24) is 0 Å². The lowest BCUT2D eigenvalue weighted by Crippen LogP contribution is -2.20. The second-order valence-corrected chi connectivity index (χ2v) is 6.39. The van der Waals surface area contributed by atoms with E-state index in [1.54, 1.807) is 30.3 Å². The number of hydrogen-bond acceptors (Lipinski definition) is 3. The highest BCUT2D eigenvalue weighted by molar-refractivity contribution is 6.34. The fraction of sp³-hybridized carbons (Fsp3) is 0.235. The minimum Gasteiger partial charge on any atom is -0.397 e. The average molecular weight is 350 g/mol. The zero-order valence-electron chi connectivity index (χ0n) is 12.5. The van der Waals surface area contributed by atoms with Crippen LogP contribution in [0, 0.1) is 0 Å². The Hall–Kier alpha value is -1.91. The smallest absolute Gasteiger partial charge is 0.255 e. The number of nitrogens with two attached hydrogens (primary N) is 1. The minimum absolute atomic E-state index is 0.258. The molecule has 120 valence electrons. The van der Waals surface area contributed by atoms with Gasteiger partial charge in [-0.1, -0.05) is 29.3 Å². The van der Waals surface area contributed by atoms with E-state index in [4.69, 9.17) is 28.9 Å². The van der Waals surface area contributed by atoms with Crippen LogP contribution < -0.4 is 16.0 Å². The van der Waals surface area contributed by atoms with Gasteiger partial charge in [-0.05, 0) is 43.2 Å². The number of hydrogen-bond donors (Lipinski definition) is 2. The zero-order chi connectivity index (χ0) is 16.4. The van der Waals surface area contributed by atoms with E-state index in [1.807, 2.05) is 6.07 Å². The maximum Gasteiger partial charge on any atom is 0.255 e. The second-order valence-electron chi connectivity index (χ2n) is 5.55. The Morgan fingerprint density at radius 2 is 1.87 bits per heavy atom. The van der Waals surface area contributed by atoms with Crippen LogP contribution in [-0.2, 0) is 0 Å². The van der Waals surface area contributed by atoms with E-state index in [-0.39, 0.29) is 5.91 Å². The molecular formula is C17H17Cl2N3O. The van der Waals surface area contributed by atoms with Gasteiger partial charge in [0.2, 0.25) is 0 Å². The minimum atomic E-state index is -0.258. The van der Waals surface area contributed by atoms with E-state index >= 15 is 0 Å². The molecule has 3 rings (SSSR count). The molecule has 3 N–H and O–H groups in total. The lowest BCUT2D eigenvalue weighted by Gasteiger charge is -2.21. The molecule has 1 heterocycles. The molecule has 0 saturated carbocycles. The number of nitrogen functional groups attached to an aromatic ring is 1. The summed E-state index contributed by atoms with van der Waals surface area (Å²) in [6.45, 7) is 1.93. The summed E-state index contributed by atoms with van der Waals surface area (Å²) in [7, 11) is 0. The molecule has 0 bridgehead atoms. The third kappa shape index (κ3) is 3.54. The maximum absolute atomic E-state index is 12.4. The number of carbonyl (C=O) groups excluding carboxylic acids is 1. The van der Waals surface area contributed by atoms with Crippen molar-refractivity contribution in [3.63, 3.8) is 0 Å². The highest BCUT2D eigenvalue weighted by Crippen LogP contribution is 2.35. The first-order chi connectivity index (χ1) is 11.0. The Labute approximate surface area is 145 Å². The maximum atomic E-state index is 12.4. The first-order valence-electron chi connectivity index (χ1n) is 7.45. The normalized spacial score (nSPS) is 14.1. The van der Waals surface area contributed by atoms with Gasteiger partial charge in [-0.25, -0.2) is 0 Å². The number of anilines is 3. The summed E-state index contributed by atoms with van der Waals surface area (Å²) in [4.78, 5) is 14.6. The van der Waals surface area contributed by atoms with E-state index in [9.17, 15) is 4.79 Å². The number of halogens is 2. The first kappa shape index (κ1) is 16.0. The molecule has 0 aliphatic carbocycles. The van der Waals surface area contributed by atoms with Crippen LogP contribution in [0.25, 0.3) is 0 Å². The topological polar surface area (TPSA) is 58.4 Å². The fourth-order valence-corrected chi connectivity index (χ4v) is 3.14. The lowest BCUT2D eigenvalue weighted by atomic mass is 10.2. The molecular weight excluding hydrogens is 333 g/mol. The molecule has 23 heavy (non-hydrogen) atoms. The standard InChI is InChI=1S/C17H17Cl2N3O/c18-12-5-3-4-11(8-12)17(23)21-15-10-16(14(20)9-13(15)19)22-6-1-2-7-22/h3-5,8-10H,1-2,6-7,20H2,(H,21,23). The number of benzene rings is 2. The molecule has 0 atom stereocenters. The molecule has 0 radical (unpaired) electrons. The Kier molecular flexibility index (Phi) is 4.64. The van der Waals surface area contributed by atoms with E-state index in [1.165, 1.54) is 0 Å². The Bertz CT molecular complexity index is 743. The summed E-state index contributed by atoms with van der Waals surface area (Å²) in [5, 5.41) is 3.76. The van der Waals surface area contributed by atoms with Gasteiger partial charge in [-0.2, -0.15) is 0 Å². The van der Waals surface area contributed by atoms with E-state index in [2.05, 4.69) is 10.2 Å². The number of amides is 1. The van der Waals surface area contributed by atoms with Crippen LogP contribution >= 0.6 is 23.2 Å². The summed E-state index contributed by atoms with van der Waals surface area (Å²) in [5.41, 5.74) is 8.64. The van der Waals surface area contributed by atoms with Crippen molar-refractivity contribution in [2.75, 3.05) is 29.0 Å². The zero-order valence-corrected chi connectivity index (χ0v) is 14.0. The molecule has 1 saturated heterocycles. The Balaban J connectivity index is 1.87.